The number of aromatic nitrogens is 2. The van der Waals surface area contributed by atoms with Gasteiger partial charge in [-0.1, -0.05) is 0 Å². The van der Waals surface area contributed by atoms with E-state index >= 15 is 0 Å². The van der Waals surface area contributed by atoms with Crippen molar-refractivity contribution in [2.24, 2.45) is 0 Å². The van der Waals surface area contributed by atoms with Crippen molar-refractivity contribution in [3.63, 3.8) is 0 Å². The minimum Gasteiger partial charge on any atom is -0.487 e. The maximum absolute atomic E-state index is 11.5. The van der Waals surface area contributed by atoms with Crippen molar-refractivity contribution in [1.82, 2.24) is 9.55 Å². The van der Waals surface area contributed by atoms with Gasteiger partial charge in [0.1, 0.15) is 12.4 Å². The number of benzene rings is 1. The molecule has 0 aliphatic heterocycles. The van der Waals surface area contributed by atoms with Crippen LogP contribution in [0.5, 0.6) is 5.75 Å². The number of ether oxygens (including phenoxy) is 2. The Bertz CT molecular complexity index is 561. The van der Waals surface area contributed by atoms with Gasteiger partial charge in [0, 0.05) is 6.54 Å². The first-order valence-electron chi connectivity index (χ1n) is 6.63. The molecule has 0 saturated heterocycles. The van der Waals surface area contributed by atoms with Gasteiger partial charge in [-0.05, 0) is 38.1 Å². The van der Waals surface area contributed by atoms with Gasteiger partial charge in [0.25, 0.3) is 0 Å². The molecule has 0 unspecified atom stereocenters. The van der Waals surface area contributed by atoms with Gasteiger partial charge in [0.2, 0.25) is 0 Å². The number of carbonyl (C=O) groups is 1. The summed E-state index contributed by atoms with van der Waals surface area (Å²) in [7, 11) is 0. The molecule has 0 aliphatic carbocycles. The average molecular weight is 274 g/mol. The highest BCUT2D eigenvalue weighted by Crippen LogP contribution is 2.15. The quantitative estimate of drug-likeness (QED) is 0.760. The van der Waals surface area contributed by atoms with Crippen molar-refractivity contribution in [3.05, 3.63) is 48.0 Å². The summed E-state index contributed by atoms with van der Waals surface area (Å²) in [6.07, 6.45) is 3.57. The monoisotopic (exact) mass is 274 g/mol. The van der Waals surface area contributed by atoms with E-state index in [9.17, 15) is 4.79 Å². The zero-order valence-corrected chi connectivity index (χ0v) is 11.7. The SMILES string of the molecule is CCOC(=O)c1ccc(OCc2cncn2CC)cc1. The molecule has 0 fully saturated rings. The maximum atomic E-state index is 11.5. The summed E-state index contributed by atoms with van der Waals surface area (Å²) in [5.41, 5.74) is 1.54. The minimum atomic E-state index is -0.317. The molecule has 0 N–H and O–H groups in total. The van der Waals surface area contributed by atoms with Crippen LogP contribution < -0.4 is 4.74 Å². The molecule has 1 aromatic carbocycles. The van der Waals surface area contributed by atoms with Crippen LogP contribution in [0.3, 0.4) is 0 Å². The van der Waals surface area contributed by atoms with E-state index in [1.165, 1.54) is 0 Å². The summed E-state index contributed by atoms with van der Waals surface area (Å²) in [6.45, 7) is 5.52. The van der Waals surface area contributed by atoms with Crippen LogP contribution in [0.25, 0.3) is 0 Å². The smallest absolute Gasteiger partial charge is 0.338 e. The first-order valence-corrected chi connectivity index (χ1v) is 6.63. The zero-order chi connectivity index (χ0) is 14.4. The molecule has 0 saturated carbocycles. The third-order valence-electron chi connectivity index (χ3n) is 2.89. The van der Waals surface area contributed by atoms with E-state index in [-0.39, 0.29) is 5.97 Å². The lowest BCUT2D eigenvalue weighted by Crippen LogP contribution is -2.05. The highest BCUT2D eigenvalue weighted by atomic mass is 16.5. The second kappa shape index (κ2) is 6.75. The van der Waals surface area contributed by atoms with Gasteiger partial charge >= 0.3 is 5.97 Å². The molecule has 0 atom stereocenters. The van der Waals surface area contributed by atoms with Crippen molar-refractivity contribution >= 4 is 5.97 Å². The minimum absolute atomic E-state index is 0.317. The number of carbonyl (C=O) groups excluding carboxylic acids is 1. The summed E-state index contributed by atoms with van der Waals surface area (Å²) < 4.78 is 12.6. The zero-order valence-electron chi connectivity index (χ0n) is 11.7. The standard InChI is InChI=1S/C15H18N2O3/c1-3-17-11-16-9-13(17)10-20-14-7-5-12(6-8-14)15(18)19-4-2/h5-9,11H,3-4,10H2,1-2H3. The summed E-state index contributed by atoms with van der Waals surface area (Å²) in [5.74, 6) is 0.394. The van der Waals surface area contributed by atoms with Crippen LogP contribution in [0.15, 0.2) is 36.8 Å². The molecule has 0 spiro atoms. The van der Waals surface area contributed by atoms with E-state index < -0.39 is 0 Å². The van der Waals surface area contributed by atoms with Gasteiger partial charge in [0.15, 0.2) is 0 Å². The van der Waals surface area contributed by atoms with Gasteiger partial charge in [-0.15, -0.1) is 0 Å². The molecule has 1 heterocycles. The second-order valence-electron chi connectivity index (χ2n) is 4.20. The van der Waals surface area contributed by atoms with E-state index in [0.717, 1.165) is 12.2 Å². The Labute approximate surface area is 118 Å². The third-order valence-corrected chi connectivity index (χ3v) is 2.89. The van der Waals surface area contributed by atoms with E-state index in [0.29, 0.717) is 24.5 Å². The Morgan fingerprint density at radius 3 is 2.65 bits per heavy atom. The molecular weight excluding hydrogens is 256 g/mol. The normalized spacial score (nSPS) is 10.3. The molecule has 20 heavy (non-hydrogen) atoms. The Hall–Kier alpha value is -2.30. The van der Waals surface area contributed by atoms with Crippen molar-refractivity contribution in [1.29, 1.82) is 0 Å². The fourth-order valence-electron chi connectivity index (χ4n) is 1.81. The fraction of sp³-hybridized carbons (Fsp3) is 0.333. The summed E-state index contributed by atoms with van der Waals surface area (Å²) >= 11 is 0. The molecule has 2 aromatic rings. The van der Waals surface area contributed by atoms with Crippen LogP contribution in [0.2, 0.25) is 0 Å². The molecule has 1 aromatic heterocycles. The molecule has 0 amide bonds. The van der Waals surface area contributed by atoms with Crippen LogP contribution in [0.1, 0.15) is 29.9 Å². The molecule has 5 nitrogen and oxygen atoms in total. The number of imidazole rings is 1. The Balaban J connectivity index is 1.95. The van der Waals surface area contributed by atoms with E-state index in [4.69, 9.17) is 9.47 Å². The van der Waals surface area contributed by atoms with E-state index in [2.05, 4.69) is 11.9 Å². The number of hydrogen-bond donors (Lipinski definition) is 0. The van der Waals surface area contributed by atoms with Gasteiger partial charge in [-0.3, -0.25) is 0 Å². The van der Waals surface area contributed by atoms with Crippen LogP contribution >= 0.6 is 0 Å². The lowest BCUT2D eigenvalue weighted by molar-refractivity contribution is 0.0526. The lowest BCUT2D eigenvalue weighted by Gasteiger charge is -2.08. The number of rotatable bonds is 6. The molecule has 0 aliphatic rings. The first-order chi connectivity index (χ1) is 9.74. The van der Waals surface area contributed by atoms with Gasteiger partial charge in [0.05, 0.1) is 30.4 Å². The number of esters is 1. The van der Waals surface area contributed by atoms with Crippen LogP contribution in [0, 0.1) is 0 Å². The van der Waals surface area contributed by atoms with Gasteiger partial charge < -0.3 is 14.0 Å². The predicted molar refractivity (Wildman–Crippen MR) is 74.6 cm³/mol. The van der Waals surface area contributed by atoms with Crippen LogP contribution in [-0.4, -0.2) is 22.1 Å². The number of nitrogens with zero attached hydrogens (tertiary/aromatic N) is 2. The lowest BCUT2D eigenvalue weighted by atomic mass is 10.2. The van der Waals surface area contributed by atoms with Gasteiger partial charge in [-0.25, -0.2) is 9.78 Å². The largest absolute Gasteiger partial charge is 0.487 e. The van der Waals surface area contributed by atoms with Crippen molar-refractivity contribution < 1.29 is 14.3 Å². The van der Waals surface area contributed by atoms with Crippen molar-refractivity contribution in [2.75, 3.05) is 6.61 Å². The topological polar surface area (TPSA) is 53.4 Å². The van der Waals surface area contributed by atoms with Crippen LogP contribution in [0.4, 0.5) is 0 Å². The number of hydrogen-bond acceptors (Lipinski definition) is 4. The highest BCUT2D eigenvalue weighted by Gasteiger charge is 2.06. The third kappa shape index (κ3) is 3.38. The molecule has 2 rings (SSSR count). The predicted octanol–water partition coefficient (Wildman–Crippen LogP) is 2.66. The number of aryl methyl sites for hydroxylation is 1. The maximum Gasteiger partial charge on any atom is 0.338 e. The summed E-state index contributed by atoms with van der Waals surface area (Å²) in [6, 6.07) is 6.92. The second-order valence-corrected chi connectivity index (χ2v) is 4.20. The van der Waals surface area contributed by atoms with E-state index in [1.807, 2.05) is 4.57 Å². The van der Waals surface area contributed by atoms with Crippen molar-refractivity contribution in [2.45, 2.75) is 27.0 Å². The highest BCUT2D eigenvalue weighted by molar-refractivity contribution is 5.89. The Kier molecular flexibility index (Phi) is 4.76. The summed E-state index contributed by atoms with van der Waals surface area (Å²) in [5, 5.41) is 0. The summed E-state index contributed by atoms with van der Waals surface area (Å²) in [4.78, 5) is 15.6. The molecule has 0 radical (unpaired) electrons. The fourth-order valence-corrected chi connectivity index (χ4v) is 1.81. The van der Waals surface area contributed by atoms with E-state index in [1.54, 1.807) is 43.7 Å². The van der Waals surface area contributed by atoms with Crippen molar-refractivity contribution in [3.8, 4) is 5.75 Å². The Morgan fingerprint density at radius 1 is 1.25 bits per heavy atom. The molecule has 5 heteroatoms. The first kappa shape index (κ1) is 14.1. The van der Waals surface area contributed by atoms with Crippen LogP contribution in [-0.2, 0) is 17.9 Å². The average Bonchev–Trinajstić information content (AvgIpc) is 2.93. The molecule has 106 valence electrons. The molecular formula is C15H18N2O3. The molecule has 0 bridgehead atoms. The van der Waals surface area contributed by atoms with Gasteiger partial charge in [-0.2, -0.15) is 0 Å². The Morgan fingerprint density at radius 2 is 2.00 bits per heavy atom.